The number of nitriles is 1. The number of hydrogen-bond acceptors (Lipinski definition) is 7. The Morgan fingerprint density at radius 1 is 1.08 bits per heavy atom. The molecular formula is C28H21ClN2O5S. The second kappa shape index (κ2) is 11.6. The number of halogens is 1. The minimum absolute atomic E-state index is 0.169. The molecule has 0 radical (unpaired) electrons. The highest BCUT2D eigenvalue weighted by Crippen LogP contribution is 2.37. The lowest BCUT2D eigenvalue weighted by Gasteiger charge is -2.09. The molecule has 2 aromatic carbocycles. The molecule has 2 heterocycles. The number of carbonyl (C=O) groups is 2. The van der Waals surface area contributed by atoms with Gasteiger partial charge in [0.05, 0.1) is 13.7 Å². The van der Waals surface area contributed by atoms with E-state index in [2.05, 4.69) is 5.32 Å². The molecule has 2 aromatic heterocycles. The molecule has 0 saturated heterocycles. The Morgan fingerprint density at radius 2 is 1.78 bits per heavy atom. The summed E-state index contributed by atoms with van der Waals surface area (Å²) in [6.45, 7) is 1.87. The van der Waals surface area contributed by atoms with Crippen LogP contribution in [0, 0.1) is 11.3 Å². The summed E-state index contributed by atoms with van der Waals surface area (Å²) in [5, 5.41) is 15.0. The molecule has 4 rings (SSSR count). The van der Waals surface area contributed by atoms with Crippen LogP contribution < -0.4 is 10.1 Å². The fourth-order valence-corrected chi connectivity index (χ4v) is 4.58. The van der Waals surface area contributed by atoms with Crippen molar-refractivity contribution in [1.29, 1.82) is 5.26 Å². The predicted molar refractivity (Wildman–Crippen MR) is 144 cm³/mol. The lowest BCUT2D eigenvalue weighted by atomic mass is 10.0. The Labute approximate surface area is 222 Å². The van der Waals surface area contributed by atoms with Crippen LogP contribution in [-0.2, 0) is 9.53 Å². The molecule has 0 spiro atoms. The Bertz CT molecular complexity index is 1490. The Hall–Kier alpha value is -4.32. The summed E-state index contributed by atoms with van der Waals surface area (Å²) in [6, 6.07) is 19.6. The summed E-state index contributed by atoms with van der Waals surface area (Å²) in [4.78, 5) is 25.8. The number of furan rings is 1. The van der Waals surface area contributed by atoms with Crippen molar-refractivity contribution >= 4 is 45.9 Å². The number of anilines is 1. The van der Waals surface area contributed by atoms with Gasteiger partial charge in [-0.25, -0.2) is 4.79 Å². The smallest absolute Gasteiger partial charge is 0.341 e. The van der Waals surface area contributed by atoms with Gasteiger partial charge in [0, 0.05) is 27.6 Å². The van der Waals surface area contributed by atoms with Gasteiger partial charge in [-0.15, -0.1) is 11.3 Å². The van der Waals surface area contributed by atoms with Crippen molar-refractivity contribution in [2.75, 3.05) is 19.0 Å². The average Bonchev–Trinajstić information content (AvgIpc) is 3.55. The lowest BCUT2D eigenvalue weighted by molar-refractivity contribution is -0.112. The molecular weight excluding hydrogens is 512 g/mol. The van der Waals surface area contributed by atoms with E-state index >= 15 is 0 Å². The van der Waals surface area contributed by atoms with E-state index in [-0.39, 0.29) is 22.7 Å². The van der Waals surface area contributed by atoms with Crippen molar-refractivity contribution < 1.29 is 23.5 Å². The van der Waals surface area contributed by atoms with Gasteiger partial charge >= 0.3 is 5.97 Å². The molecule has 0 saturated carbocycles. The van der Waals surface area contributed by atoms with Crippen molar-refractivity contribution in [2.45, 2.75) is 6.92 Å². The van der Waals surface area contributed by atoms with E-state index in [1.807, 2.05) is 18.2 Å². The summed E-state index contributed by atoms with van der Waals surface area (Å²) in [6.07, 6.45) is 1.34. The number of nitrogens with zero attached hydrogens (tertiary/aromatic N) is 1. The summed E-state index contributed by atoms with van der Waals surface area (Å²) >= 11 is 7.10. The second-order valence-corrected chi connectivity index (χ2v) is 8.95. The maximum Gasteiger partial charge on any atom is 0.341 e. The molecule has 1 amide bonds. The van der Waals surface area contributed by atoms with Crippen LogP contribution in [0.5, 0.6) is 5.75 Å². The molecule has 1 N–H and O–H groups in total. The number of esters is 1. The van der Waals surface area contributed by atoms with Crippen LogP contribution >= 0.6 is 22.9 Å². The van der Waals surface area contributed by atoms with Gasteiger partial charge in [-0.2, -0.15) is 5.26 Å². The maximum absolute atomic E-state index is 13.0. The molecule has 0 bridgehead atoms. The minimum atomic E-state index is -0.680. The molecule has 0 aliphatic carbocycles. The van der Waals surface area contributed by atoms with Gasteiger partial charge in [-0.1, -0.05) is 23.7 Å². The van der Waals surface area contributed by atoms with Crippen molar-refractivity contribution in [3.8, 4) is 34.3 Å². The van der Waals surface area contributed by atoms with Gasteiger partial charge in [-0.3, -0.25) is 4.79 Å². The van der Waals surface area contributed by atoms with Crippen LogP contribution in [0.1, 0.15) is 23.0 Å². The monoisotopic (exact) mass is 532 g/mol. The third-order valence-corrected chi connectivity index (χ3v) is 6.45. The number of ether oxygens (including phenoxy) is 2. The zero-order valence-corrected chi connectivity index (χ0v) is 21.5. The van der Waals surface area contributed by atoms with E-state index in [0.717, 1.165) is 11.1 Å². The summed E-state index contributed by atoms with van der Waals surface area (Å²) in [5.74, 6) is 0.303. The maximum atomic E-state index is 13.0. The van der Waals surface area contributed by atoms with Crippen molar-refractivity contribution in [2.24, 2.45) is 0 Å². The SMILES string of the molecule is CCOC(=O)c1c(-c2ccc(OC)cc2)csc1NC(=O)/C(C#N)=C/c1ccc(-c2ccc(Cl)cc2)o1. The van der Waals surface area contributed by atoms with E-state index in [4.69, 9.17) is 25.5 Å². The van der Waals surface area contributed by atoms with E-state index in [0.29, 0.717) is 27.9 Å². The van der Waals surface area contributed by atoms with Crippen molar-refractivity contribution in [1.82, 2.24) is 0 Å². The molecule has 0 fully saturated rings. The molecule has 0 atom stereocenters. The summed E-state index contributed by atoms with van der Waals surface area (Å²) in [5.41, 5.74) is 2.18. The first-order valence-corrected chi connectivity index (χ1v) is 12.4. The van der Waals surface area contributed by atoms with Gasteiger partial charge in [0.1, 0.15) is 39.5 Å². The summed E-state index contributed by atoms with van der Waals surface area (Å²) < 4.78 is 16.2. The van der Waals surface area contributed by atoms with Crippen LogP contribution in [0.25, 0.3) is 28.5 Å². The van der Waals surface area contributed by atoms with E-state index < -0.39 is 11.9 Å². The first-order chi connectivity index (χ1) is 17.9. The molecule has 0 unspecified atom stereocenters. The minimum Gasteiger partial charge on any atom is -0.497 e. The number of thiophene rings is 1. The standard InChI is InChI=1S/C28H21ClN2O5S/c1-3-35-28(33)25-23(17-6-10-21(34-2)11-7-17)16-37-27(25)31-26(32)19(15-30)14-22-12-13-24(36-22)18-4-8-20(29)9-5-18/h4-14,16H,3H2,1-2H3,(H,31,32)/b19-14+. The number of carbonyl (C=O) groups excluding carboxylic acids is 2. The van der Waals surface area contributed by atoms with Crippen molar-refractivity contribution in [3.63, 3.8) is 0 Å². The Morgan fingerprint density at radius 3 is 2.43 bits per heavy atom. The average molecular weight is 533 g/mol. The third kappa shape index (κ3) is 5.92. The van der Waals surface area contributed by atoms with Crippen molar-refractivity contribution in [3.05, 3.63) is 88.0 Å². The topological polar surface area (TPSA) is 102 Å². The van der Waals surface area contributed by atoms with Gasteiger partial charge in [0.15, 0.2) is 0 Å². The number of methoxy groups -OCH3 is 1. The van der Waals surface area contributed by atoms with Crippen LogP contribution in [0.4, 0.5) is 5.00 Å². The Kier molecular flexibility index (Phi) is 8.08. The molecule has 9 heteroatoms. The van der Waals surface area contributed by atoms with E-state index in [1.165, 1.54) is 17.4 Å². The molecule has 37 heavy (non-hydrogen) atoms. The number of nitrogens with one attached hydrogen (secondary N) is 1. The van der Waals surface area contributed by atoms with Crippen LogP contribution in [0.3, 0.4) is 0 Å². The highest BCUT2D eigenvalue weighted by molar-refractivity contribution is 7.15. The molecule has 4 aromatic rings. The number of benzene rings is 2. The van der Waals surface area contributed by atoms with Gasteiger partial charge in [0.2, 0.25) is 0 Å². The van der Waals surface area contributed by atoms with E-state index in [9.17, 15) is 14.9 Å². The molecule has 186 valence electrons. The number of rotatable bonds is 8. The highest BCUT2D eigenvalue weighted by atomic mass is 35.5. The quantitative estimate of drug-likeness (QED) is 0.148. The van der Waals surface area contributed by atoms with Gasteiger partial charge in [-0.05, 0) is 61.0 Å². The normalized spacial score (nSPS) is 11.0. The number of amides is 1. The summed E-state index contributed by atoms with van der Waals surface area (Å²) in [7, 11) is 1.57. The first-order valence-electron chi connectivity index (χ1n) is 11.2. The molecule has 0 aliphatic rings. The lowest BCUT2D eigenvalue weighted by Crippen LogP contribution is -2.16. The zero-order chi connectivity index (χ0) is 26.4. The zero-order valence-electron chi connectivity index (χ0n) is 19.9. The predicted octanol–water partition coefficient (Wildman–Crippen LogP) is 7.06. The number of hydrogen-bond donors (Lipinski definition) is 1. The fourth-order valence-electron chi connectivity index (χ4n) is 3.50. The van der Waals surface area contributed by atoms with Crippen LogP contribution in [0.15, 0.2) is 76.0 Å². The largest absolute Gasteiger partial charge is 0.497 e. The first kappa shape index (κ1) is 25.8. The molecule has 0 aliphatic heterocycles. The van der Waals surface area contributed by atoms with Gasteiger partial charge < -0.3 is 19.2 Å². The molecule has 7 nitrogen and oxygen atoms in total. The fraction of sp³-hybridized carbons (Fsp3) is 0.107. The van der Waals surface area contributed by atoms with Gasteiger partial charge in [0.25, 0.3) is 5.91 Å². The van der Waals surface area contributed by atoms with Crippen LogP contribution in [0.2, 0.25) is 5.02 Å². The van der Waals surface area contributed by atoms with Crippen LogP contribution in [-0.4, -0.2) is 25.6 Å². The highest BCUT2D eigenvalue weighted by Gasteiger charge is 2.24. The third-order valence-electron chi connectivity index (χ3n) is 5.31. The van der Waals surface area contributed by atoms with E-state index in [1.54, 1.807) is 67.9 Å². The second-order valence-electron chi connectivity index (χ2n) is 7.64. The Balaban J connectivity index is 1.61.